The zero-order chi connectivity index (χ0) is 66.6. The fraction of sp³-hybridized carbons (Fsp3) is 0.0633. The van der Waals surface area contributed by atoms with E-state index in [2.05, 4.69) is 146 Å². The van der Waals surface area contributed by atoms with E-state index < -0.39 is 23.9 Å². The molecular formula is C79H74O12. The Hall–Kier alpha value is -12.0. The Bertz CT molecular complexity index is 3710. The van der Waals surface area contributed by atoms with Crippen LogP contribution in [-0.4, -0.2) is 50.0 Å². The van der Waals surface area contributed by atoms with Gasteiger partial charge in [-0.3, -0.25) is 0 Å². The molecule has 0 aliphatic heterocycles. The first kappa shape index (κ1) is 73.2. The summed E-state index contributed by atoms with van der Waals surface area (Å²) >= 11 is 0. The molecule has 0 aliphatic rings. The summed E-state index contributed by atoms with van der Waals surface area (Å²) in [6.07, 6.45) is 3.39. The van der Waals surface area contributed by atoms with Crippen molar-refractivity contribution in [2.45, 2.75) is 20.8 Å². The minimum atomic E-state index is -0.447. The number of carbonyl (C=O) groups is 6. The molecule has 10 aromatic carbocycles. The van der Waals surface area contributed by atoms with E-state index in [1.54, 1.807) is 93.6 Å². The fourth-order valence-electron chi connectivity index (χ4n) is 6.90. The first-order valence-electron chi connectivity index (χ1n) is 28.1. The van der Waals surface area contributed by atoms with Gasteiger partial charge < -0.3 is 28.4 Å². The third-order valence-electron chi connectivity index (χ3n) is 11.5. The number of benzene rings is 10. The van der Waals surface area contributed by atoms with E-state index >= 15 is 0 Å². The fourth-order valence-corrected chi connectivity index (χ4v) is 6.90. The molecule has 0 bridgehead atoms. The second kappa shape index (κ2) is 42.7. The summed E-state index contributed by atoms with van der Waals surface area (Å²) < 4.78 is 28.3. The summed E-state index contributed by atoms with van der Waals surface area (Å²) in [4.78, 5) is 64.0. The van der Waals surface area contributed by atoms with Crippen LogP contribution in [0, 0.1) is 0 Å². The first-order valence-corrected chi connectivity index (χ1v) is 28.1. The third kappa shape index (κ3) is 30.3. The Morgan fingerprint density at radius 3 is 0.703 bits per heavy atom. The van der Waals surface area contributed by atoms with Gasteiger partial charge in [0.25, 0.3) is 0 Å². The average Bonchev–Trinajstić information content (AvgIpc) is 2.59. The van der Waals surface area contributed by atoms with E-state index in [1.165, 1.54) is 35.8 Å². The van der Waals surface area contributed by atoms with Crippen LogP contribution in [0.25, 0.3) is 43.8 Å². The van der Waals surface area contributed by atoms with Crippen molar-refractivity contribution in [2.75, 3.05) is 14.2 Å². The normalized spacial score (nSPS) is 9.24. The standard InChI is InChI=1S/C16H14O2.C15H12O2.C10H10O2.2C10H8.C9H8O2.C5H8O2.C4H6O2/c1-12(2)16(17)18-15-10-8-14(9-11-15)13-6-4-3-5-7-13;1-2-15(16)17-14-10-8-13(9-11-14)12-6-4-3-5-7-12;1-8(2)10(11)12-9-6-4-3-5-7-9;2*1-2-6-10-8-4-3-7-9(10)5-1;1-2-9(10)11-8-6-4-3-5-7-8;1-4(2)5(6)7-3;1-3-4(5)6-2/h3-11H,1H2,2H3;2-11H,1H2;3-7H,1H2,2H3;2*1-8H;2-7H,1H2;1H2,2-3H3;3H,1H2,2H3. The summed E-state index contributed by atoms with van der Waals surface area (Å²) in [5.41, 5.74) is 5.67. The van der Waals surface area contributed by atoms with Crippen molar-refractivity contribution in [3.05, 3.63) is 341 Å². The molecule has 0 unspecified atom stereocenters. The molecule has 12 nitrogen and oxygen atoms in total. The van der Waals surface area contributed by atoms with E-state index in [-0.39, 0.29) is 11.9 Å². The van der Waals surface area contributed by atoms with Crippen LogP contribution in [0.15, 0.2) is 341 Å². The molecule has 10 rings (SSSR count). The Morgan fingerprint density at radius 1 is 0.264 bits per heavy atom. The molecule has 0 atom stereocenters. The minimum absolute atomic E-state index is 0.347. The topological polar surface area (TPSA) is 158 Å². The van der Waals surface area contributed by atoms with Crippen LogP contribution in [0.1, 0.15) is 20.8 Å². The number of carbonyl (C=O) groups excluding carboxylic acids is 6. The van der Waals surface area contributed by atoms with Gasteiger partial charge in [0, 0.05) is 34.9 Å². The predicted octanol–water partition coefficient (Wildman–Crippen LogP) is 18.0. The van der Waals surface area contributed by atoms with Gasteiger partial charge in [-0.25, -0.2) is 28.8 Å². The minimum Gasteiger partial charge on any atom is -0.466 e. The van der Waals surface area contributed by atoms with Gasteiger partial charge in [0.05, 0.1) is 14.2 Å². The molecule has 0 aromatic heterocycles. The van der Waals surface area contributed by atoms with Gasteiger partial charge in [0.15, 0.2) is 0 Å². The summed E-state index contributed by atoms with van der Waals surface area (Å²) in [5.74, 6) is -0.271. The van der Waals surface area contributed by atoms with Gasteiger partial charge in [-0.15, -0.1) is 0 Å². The Balaban J connectivity index is 0.000000278. The lowest BCUT2D eigenvalue weighted by atomic mass is 10.1. The number of ether oxygens (including phenoxy) is 6. The van der Waals surface area contributed by atoms with E-state index in [9.17, 15) is 28.8 Å². The quantitative estimate of drug-likeness (QED) is 0.0649. The molecule has 0 aliphatic carbocycles. The monoisotopic (exact) mass is 1210 g/mol. The number of esters is 6. The average molecular weight is 1220 g/mol. The molecule has 0 radical (unpaired) electrons. The van der Waals surface area contributed by atoms with Crippen molar-refractivity contribution in [1.29, 1.82) is 0 Å². The molecule has 0 N–H and O–H groups in total. The lowest BCUT2D eigenvalue weighted by Gasteiger charge is -2.05. The Morgan fingerprint density at radius 2 is 0.484 bits per heavy atom. The maximum atomic E-state index is 11.3. The van der Waals surface area contributed by atoms with Crippen LogP contribution in [0.4, 0.5) is 0 Å². The van der Waals surface area contributed by atoms with Crippen molar-refractivity contribution in [1.82, 2.24) is 0 Å². The van der Waals surface area contributed by atoms with Gasteiger partial charge in [-0.1, -0.05) is 258 Å². The van der Waals surface area contributed by atoms with Gasteiger partial charge >= 0.3 is 35.8 Å². The van der Waals surface area contributed by atoms with Crippen LogP contribution >= 0.6 is 0 Å². The number of para-hydroxylation sites is 2. The molecule has 0 saturated carbocycles. The zero-order valence-corrected chi connectivity index (χ0v) is 51.8. The van der Waals surface area contributed by atoms with Crippen molar-refractivity contribution in [3.63, 3.8) is 0 Å². The highest BCUT2D eigenvalue weighted by atomic mass is 16.6. The lowest BCUT2D eigenvalue weighted by molar-refractivity contribution is -0.136. The van der Waals surface area contributed by atoms with E-state index in [0.29, 0.717) is 39.7 Å². The lowest BCUT2D eigenvalue weighted by Crippen LogP contribution is -2.07. The van der Waals surface area contributed by atoms with Crippen molar-refractivity contribution < 1.29 is 57.2 Å². The van der Waals surface area contributed by atoms with Crippen LogP contribution in [0.2, 0.25) is 0 Å². The molecule has 0 saturated heterocycles. The van der Waals surface area contributed by atoms with E-state index in [4.69, 9.17) is 18.9 Å². The van der Waals surface area contributed by atoms with Gasteiger partial charge in [-0.2, -0.15) is 0 Å². The van der Waals surface area contributed by atoms with Crippen molar-refractivity contribution in [2.24, 2.45) is 0 Å². The van der Waals surface area contributed by atoms with Gasteiger partial charge in [-0.05, 0) is 113 Å². The largest absolute Gasteiger partial charge is 0.466 e. The second-order valence-corrected chi connectivity index (χ2v) is 18.7. The summed E-state index contributed by atoms with van der Waals surface area (Å²) in [6.45, 7) is 25.0. The smallest absolute Gasteiger partial charge is 0.338 e. The zero-order valence-electron chi connectivity index (χ0n) is 51.8. The molecule has 462 valence electrons. The maximum Gasteiger partial charge on any atom is 0.338 e. The Labute approximate surface area is 533 Å². The van der Waals surface area contributed by atoms with Crippen molar-refractivity contribution in [3.8, 4) is 45.3 Å². The number of hydrogen-bond donors (Lipinski definition) is 0. The summed E-state index contributed by atoms with van der Waals surface area (Å²) in [6, 6.07) is 86.0. The second-order valence-electron chi connectivity index (χ2n) is 18.7. The van der Waals surface area contributed by atoms with Gasteiger partial charge in [0.2, 0.25) is 0 Å². The predicted molar refractivity (Wildman–Crippen MR) is 366 cm³/mol. The molecule has 10 aromatic rings. The summed E-state index contributed by atoms with van der Waals surface area (Å²) in [5, 5.41) is 5.24. The van der Waals surface area contributed by atoms with E-state index in [0.717, 1.165) is 40.5 Å². The van der Waals surface area contributed by atoms with E-state index in [1.807, 2.05) is 97.1 Å². The molecule has 0 spiro atoms. The first-order chi connectivity index (χ1) is 43.9. The molecule has 12 heteroatoms. The van der Waals surface area contributed by atoms with Crippen LogP contribution in [0.3, 0.4) is 0 Å². The molecule has 0 heterocycles. The third-order valence-corrected chi connectivity index (χ3v) is 11.5. The number of methoxy groups -OCH3 is 2. The highest BCUT2D eigenvalue weighted by Gasteiger charge is 2.07. The van der Waals surface area contributed by atoms with Crippen LogP contribution < -0.4 is 18.9 Å². The SMILES string of the molecule is C=C(C)C(=O)OC.C=C(C)C(=O)Oc1ccc(-c2ccccc2)cc1.C=C(C)C(=O)Oc1ccccc1.C=CC(=O)OC.C=CC(=O)Oc1ccc(-c2ccccc2)cc1.C=CC(=O)Oc1ccccc1.c1ccc2ccccc2c1.c1ccc2ccccc2c1. The number of rotatable bonds is 12. The van der Waals surface area contributed by atoms with Crippen LogP contribution in [-0.2, 0) is 38.2 Å². The van der Waals surface area contributed by atoms with Crippen LogP contribution in [0.5, 0.6) is 23.0 Å². The van der Waals surface area contributed by atoms with Gasteiger partial charge in [0.1, 0.15) is 23.0 Å². The number of fused-ring (bicyclic) bond motifs is 2. The highest BCUT2D eigenvalue weighted by Crippen LogP contribution is 2.24. The summed E-state index contributed by atoms with van der Waals surface area (Å²) in [7, 11) is 2.64. The molecular weight excluding hydrogens is 1140 g/mol. The molecule has 91 heavy (non-hydrogen) atoms. The molecule has 0 amide bonds. The maximum absolute atomic E-state index is 11.3. The van der Waals surface area contributed by atoms with Crippen molar-refractivity contribution >= 4 is 57.4 Å². The number of hydrogen-bond acceptors (Lipinski definition) is 12. The molecule has 0 fully saturated rings. The highest BCUT2D eigenvalue weighted by molar-refractivity contribution is 5.90. The Kier molecular flexibility index (Phi) is 34.4.